The lowest BCUT2D eigenvalue weighted by molar-refractivity contribution is 0.0948. The van der Waals surface area contributed by atoms with E-state index in [0.29, 0.717) is 19.5 Å². The highest BCUT2D eigenvalue weighted by Crippen LogP contribution is 2.28. The third kappa shape index (κ3) is 4.97. The van der Waals surface area contributed by atoms with Crippen molar-refractivity contribution in [2.75, 3.05) is 13.1 Å². The largest absolute Gasteiger partial charge is 0.507 e. The Bertz CT molecular complexity index is 587. The Morgan fingerprint density at radius 1 is 1.17 bits per heavy atom. The van der Waals surface area contributed by atoms with Crippen LogP contribution in [-0.4, -0.2) is 29.1 Å². The van der Waals surface area contributed by atoms with Gasteiger partial charge in [0.15, 0.2) is 0 Å². The molecule has 0 unspecified atom stereocenters. The van der Waals surface area contributed by atoms with Gasteiger partial charge in [-0.25, -0.2) is 0 Å². The number of hydrogen-bond acceptors (Lipinski definition) is 4. The fraction of sp³-hybridized carbons (Fsp3) is 0.625. The molecular weight excluding hydrogens is 318 g/mol. The highest BCUT2D eigenvalue weighted by atomic mass is 35.5. The van der Waals surface area contributed by atoms with Crippen molar-refractivity contribution in [3.8, 4) is 5.75 Å². The average Bonchev–Trinajstić information content (AvgIpc) is 2.51. The molecule has 1 aliphatic rings. The molecule has 5 N–H and O–H groups in total. The van der Waals surface area contributed by atoms with E-state index < -0.39 is 11.5 Å². The zero-order valence-electron chi connectivity index (χ0n) is 13.3. The molecule has 7 heteroatoms. The molecule has 1 heterocycles. The van der Waals surface area contributed by atoms with E-state index in [-0.39, 0.29) is 23.7 Å². The summed E-state index contributed by atoms with van der Waals surface area (Å²) in [6.45, 7) is 1.18. The Hall–Kier alpha value is -1.53. The first-order valence-electron chi connectivity index (χ1n) is 8.10. The van der Waals surface area contributed by atoms with Gasteiger partial charge >= 0.3 is 0 Å². The molecule has 0 fully saturated rings. The van der Waals surface area contributed by atoms with Crippen LogP contribution in [0.15, 0.2) is 4.79 Å². The van der Waals surface area contributed by atoms with E-state index in [9.17, 15) is 14.7 Å². The van der Waals surface area contributed by atoms with E-state index in [4.69, 9.17) is 5.73 Å². The van der Waals surface area contributed by atoms with Crippen LogP contribution in [0, 0.1) is 0 Å². The predicted octanol–water partition coefficient (Wildman–Crippen LogP) is 1.63. The molecule has 0 spiro atoms. The van der Waals surface area contributed by atoms with E-state index in [1.165, 1.54) is 0 Å². The van der Waals surface area contributed by atoms with Crippen molar-refractivity contribution in [2.45, 2.75) is 51.4 Å². The van der Waals surface area contributed by atoms with Gasteiger partial charge in [0, 0.05) is 17.8 Å². The van der Waals surface area contributed by atoms with Crippen molar-refractivity contribution < 1.29 is 9.90 Å². The van der Waals surface area contributed by atoms with Gasteiger partial charge in [-0.15, -0.1) is 12.4 Å². The fourth-order valence-electron chi connectivity index (χ4n) is 2.89. The lowest BCUT2D eigenvalue weighted by atomic mass is 9.93. The number of hydrogen-bond donors (Lipinski definition) is 4. The van der Waals surface area contributed by atoms with Crippen LogP contribution < -0.4 is 16.6 Å². The first-order valence-corrected chi connectivity index (χ1v) is 8.10. The first kappa shape index (κ1) is 19.5. The summed E-state index contributed by atoms with van der Waals surface area (Å²) in [4.78, 5) is 26.9. The van der Waals surface area contributed by atoms with Gasteiger partial charge in [0.2, 0.25) is 0 Å². The van der Waals surface area contributed by atoms with Crippen molar-refractivity contribution in [1.82, 2.24) is 10.3 Å². The molecule has 1 amide bonds. The van der Waals surface area contributed by atoms with E-state index in [1.807, 2.05) is 0 Å². The van der Waals surface area contributed by atoms with Gasteiger partial charge in [0.05, 0.1) is 0 Å². The summed E-state index contributed by atoms with van der Waals surface area (Å²) >= 11 is 0. The van der Waals surface area contributed by atoms with Gasteiger partial charge in [0.1, 0.15) is 11.3 Å². The molecule has 0 radical (unpaired) electrons. The van der Waals surface area contributed by atoms with Crippen LogP contribution in [0.5, 0.6) is 5.75 Å². The summed E-state index contributed by atoms with van der Waals surface area (Å²) in [6.07, 6.45) is 7.28. The number of H-pyrrole nitrogens is 1. The number of aryl methyl sites for hydroxylation is 1. The minimum absolute atomic E-state index is 0. The molecule has 23 heavy (non-hydrogen) atoms. The fourth-order valence-corrected chi connectivity index (χ4v) is 2.89. The Morgan fingerprint density at radius 2 is 1.87 bits per heavy atom. The third-order valence-corrected chi connectivity index (χ3v) is 4.13. The monoisotopic (exact) mass is 343 g/mol. The Labute approximate surface area is 142 Å². The van der Waals surface area contributed by atoms with Crippen LogP contribution >= 0.6 is 12.4 Å². The Kier molecular flexibility index (Phi) is 8.12. The van der Waals surface area contributed by atoms with E-state index >= 15 is 0 Å². The number of aromatic amines is 1. The molecular formula is C16H26ClN3O3. The molecule has 6 nitrogen and oxygen atoms in total. The normalized spacial score (nSPS) is 13.1. The number of rotatable bonds is 7. The number of pyridine rings is 1. The van der Waals surface area contributed by atoms with Crippen molar-refractivity contribution in [2.24, 2.45) is 5.73 Å². The lowest BCUT2D eigenvalue weighted by Crippen LogP contribution is -2.32. The van der Waals surface area contributed by atoms with E-state index in [2.05, 4.69) is 10.3 Å². The van der Waals surface area contributed by atoms with Gasteiger partial charge in [0.25, 0.3) is 11.5 Å². The second-order valence-corrected chi connectivity index (χ2v) is 5.80. The maximum Gasteiger partial charge on any atom is 0.264 e. The summed E-state index contributed by atoms with van der Waals surface area (Å²) in [5.74, 6) is -0.634. The number of fused-ring (bicyclic) bond motifs is 1. The number of halogens is 1. The van der Waals surface area contributed by atoms with Crippen LogP contribution in [0.3, 0.4) is 0 Å². The Balaban J connectivity index is 0.00000264. The van der Waals surface area contributed by atoms with Crippen LogP contribution in [0.25, 0.3) is 0 Å². The van der Waals surface area contributed by atoms with Crippen molar-refractivity contribution in [3.05, 3.63) is 27.2 Å². The third-order valence-electron chi connectivity index (χ3n) is 4.13. The molecule has 0 bridgehead atoms. The van der Waals surface area contributed by atoms with E-state index in [1.54, 1.807) is 0 Å². The zero-order chi connectivity index (χ0) is 15.9. The minimum atomic E-state index is -0.501. The van der Waals surface area contributed by atoms with Gasteiger partial charge < -0.3 is 21.1 Å². The first-order chi connectivity index (χ1) is 10.6. The second kappa shape index (κ2) is 9.57. The second-order valence-electron chi connectivity index (χ2n) is 5.80. The maximum atomic E-state index is 12.1. The molecule has 0 atom stereocenters. The number of aromatic nitrogens is 1. The minimum Gasteiger partial charge on any atom is -0.507 e. The summed E-state index contributed by atoms with van der Waals surface area (Å²) in [6, 6.07) is 0. The molecule has 0 aliphatic heterocycles. The topological polar surface area (TPSA) is 108 Å². The highest BCUT2D eigenvalue weighted by molar-refractivity contribution is 5.96. The molecule has 1 aliphatic carbocycles. The molecule has 1 aromatic rings. The quantitative estimate of drug-likeness (QED) is 0.564. The number of unbranched alkanes of at least 4 members (excludes halogenated alkanes) is 3. The van der Waals surface area contributed by atoms with Crippen molar-refractivity contribution >= 4 is 18.3 Å². The molecule has 0 saturated heterocycles. The molecule has 0 saturated carbocycles. The van der Waals surface area contributed by atoms with Crippen molar-refractivity contribution in [1.29, 1.82) is 0 Å². The SMILES string of the molecule is Cl.NCCCCCCNC(=O)c1c(O)c2c([nH]c1=O)CCCC2. The zero-order valence-corrected chi connectivity index (χ0v) is 14.1. The number of aromatic hydroxyl groups is 1. The lowest BCUT2D eigenvalue weighted by Gasteiger charge is -2.18. The average molecular weight is 344 g/mol. The smallest absolute Gasteiger partial charge is 0.264 e. The predicted molar refractivity (Wildman–Crippen MR) is 92.5 cm³/mol. The van der Waals surface area contributed by atoms with E-state index in [0.717, 1.165) is 56.2 Å². The van der Waals surface area contributed by atoms with Gasteiger partial charge in [-0.2, -0.15) is 0 Å². The summed E-state index contributed by atoms with van der Waals surface area (Å²) in [5, 5.41) is 13.0. The molecule has 2 rings (SSSR count). The summed E-state index contributed by atoms with van der Waals surface area (Å²) < 4.78 is 0. The summed E-state index contributed by atoms with van der Waals surface area (Å²) in [5.41, 5.74) is 6.26. The molecule has 1 aromatic heterocycles. The molecule has 130 valence electrons. The van der Waals surface area contributed by atoms with Gasteiger partial charge in [-0.05, 0) is 45.1 Å². The maximum absolute atomic E-state index is 12.1. The summed E-state index contributed by atoms with van der Waals surface area (Å²) in [7, 11) is 0. The van der Waals surface area contributed by atoms with Crippen LogP contribution in [-0.2, 0) is 12.8 Å². The van der Waals surface area contributed by atoms with Gasteiger partial charge in [-0.1, -0.05) is 12.8 Å². The number of amides is 1. The highest BCUT2D eigenvalue weighted by Gasteiger charge is 2.23. The standard InChI is InChI=1S/C16H25N3O3.ClH/c17-9-5-1-2-6-10-18-15(21)13-14(20)11-7-3-4-8-12(11)19-16(13)22;/h1-10,17H2,(H,18,21)(H2,19,20,22);1H. The van der Waals surface area contributed by atoms with Crippen molar-refractivity contribution in [3.63, 3.8) is 0 Å². The Morgan fingerprint density at radius 3 is 2.61 bits per heavy atom. The molecule has 0 aromatic carbocycles. The number of carbonyl (C=O) groups is 1. The van der Waals surface area contributed by atoms with Gasteiger partial charge in [-0.3, -0.25) is 9.59 Å². The number of carbonyl (C=O) groups excluding carboxylic acids is 1. The number of nitrogens with two attached hydrogens (primary N) is 1. The number of nitrogens with one attached hydrogen (secondary N) is 2. The van der Waals surface area contributed by atoms with Crippen LogP contribution in [0.1, 0.15) is 60.1 Å². The van der Waals surface area contributed by atoms with Crippen LogP contribution in [0.4, 0.5) is 0 Å². The van der Waals surface area contributed by atoms with Crippen LogP contribution in [0.2, 0.25) is 0 Å².